The topological polar surface area (TPSA) is 52.3 Å². The number of benzene rings is 1. The molecule has 0 bridgehead atoms. The fraction of sp³-hybridized carbons (Fsp3) is 0.500. The van der Waals surface area contributed by atoms with Gasteiger partial charge in [0.25, 0.3) is 0 Å². The van der Waals surface area contributed by atoms with Gasteiger partial charge in [0.1, 0.15) is 5.82 Å². The van der Waals surface area contributed by atoms with Gasteiger partial charge in [0.2, 0.25) is 0 Å². The van der Waals surface area contributed by atoms with E-state index in [0.29, 0.717) is 12.8 Å². The summed E-state index contributed by atoms with van der Waals surface area (Å²) in [6.45, 7) is 3.93. The van der Waals surface area contributed by atoms with Crippen LogP contribution in [0.3, 0.4) is 0 Å². The van der Waals surface area contributed by atoms with Crippen molar-refractivity contribution in [3.05, 3.63) is 35.6 Å². The second-order valence-corrected chi connectivity index (χ2v) is 5.28. The van der Waals surface area contributed by atoms with Crippen molar-refractivity contribution in [2.75, 3.05) is 7.11 Å². The van der Waals surface area contributed by atoms with E-state index in [2.05, 4.69) is 4.74 Å². The molecular weight excluding hydrogens is 233 g/mol. The molecule has 100 valence electrons. The van der Waals surface area contributed by atoms with Gasteiger partial charge < -0.3 is 10.5 Å². The summed E-state index contributed by atoms with van der Waals surface area (Å²) in [6.07, 6.45) is 0.951. The molecule has 0 amide bonds. The molecule has 1 aromatic carbocycles. The molecule has 0 fully saturated rings. The van der Waals surface area contributed by atoms with E-state index < -0.39 is 0 Å². The standard InChI is InChI=1S/C14H20FNO2/c1-14(2,9-13(17)18-3)8-12(16)10-4-6-11(15)7-5-10/h4-7,12H,8-9,16H2,1-3H3. The fourth-order valence-electron chi connectivity index (χ4n) is 1.96. The minimum atomic E-state index is -0.278. The maximum Gasteiger partial charge on any atom is 0.306 e. The van der Waals surface area contributed by atoms with Crippen LogP contribution >= 0.6 is 0 Å². The second-order valence-electron chi connectivity index (χ2n) is 5.28. The number of rotatable bonds is 5. The molecular formula is C14H20FNO2. The third kappa shape index (κ3) is 4.45. The van der Waals surface area contributed by atoms with Gasteiger partial charge in [0, 0.05) is 6.04 Å². The summed E-state index contributed by atoms with van der Waals surface area (Å²) in [4.78, 5) is 11.3. The van der Waals surface area contributed by atoms with Crippen LogP contribution < -0.4 is 5.73 Å². The first kappa shape index (κ1) is 14.6. The Morgan fingerprint density at radius 1 is 1.39 bits per heavy atom. The van der Waals surface area contributed by atoms with Crippen molar-refractivity contribution in [3.63, 3.8) is 0 Å². The Morgan fingerprint density at radius 2 is 1.94 bits per heavy atom. The van der Waals surface area contributed by atoms with Gasteiger partial charge in [-0.2, -0.15) is 0 Å². The average molecular weight is 253 g/mol. The van der Waals surface area contributed by atoms with Crippen LogP contribution in [0.15, 0.2) is 24.3 Å². The Kier molecular flexibility index (Phi) is 4.84. The van der Waals surface area contributed by atoms with Gasteiger partial charge in [0.05, 0.1) is 13.5 Å². The SMILES string of the molecule is COC(=O)CC(C)(C)CC(N)c1ccc(F)cc1. The maximum atomic E-state index is 12.8. The number of hydrogen-bond acceptors (Lipinski definition) is 3. The van der Waals surface area contributed by atoms with Gasteiger partial charge >= 0.3 is 5.97 Å². The molecule has 0 saturated carbocycles. The van der Waals surface area contributed by atoms with Crippen LogP contribution in [0.2, 0.25) is 0 Å². The second kappa shape index (κ2) is 5.96. The van der Waals surface area contributed by atoms with Gasteiger partial charge in [-0.15, -0.1) is 0 Å². The predicted octanol–water partition coefficient (Wildman–Crippen LogP) is 2.80. The normalized spacial score (nSPS) is 13.2. The summed E-state index contributed by atoms with van der Waals surface area (Å²) in [5.74, 6) is -0.522. The zero-order valence-corrected chi connectivity index (χ0v) is 11.1. The van der Waals surface area contributed by atoms with E-state index in [4.69, 9.17) is 5.73 Å². The highest BCUT2D eigenvalue weighted by atomic mass is 19.1. The van der Waals surface area contributed by atoms with Gasteiger partial charge in [-0.1, -0.05) is 26.0 Å². The fourth-order valence-corrected chi connectivity index (χ4v) is 1.96. The lowest BCUT2D eigenvalue weighted by atomic mass is 9.81. The number of nitrogens with two attached hydrogens (primary N) is 1. The van der Waals surface area contributed by atoms with Crippen LogP contribution in [-0.4, -0.2) is 13.1 Å². The van der Waals surface area contributed by atoms with E-state index in [1.54, 1.807) is 12.1 Å². The van der Waals surface area contributed by atoms with E-state index in [-0.39, 0.29) is 23.2 Å². The summed E-state index contributed by atoms with van der Waals surface area (Å²) >= 11 is 0. The first-order valence-corrected chi connectivity index (χ1v) is 5.92. The number of carbonyl (C=O) groups excluding carboxylic acids is 1. The number of esters is 1. The van der Waals surface area contributed by atoms with E-state index in [1.165, 1.54) is 19.2 Å². The van der Waals surface area contributed by atoms with Crippen LogP contribution in [0.1, 0.15) is 38.3 Å². The minimum absolute atomic E-state index is 0.217. The Morgan fingerprint density at radius 3 is 2.44 bits per heavy atom. The van der Waals surface area contributed by atoms with E-state index in [0.717, 1.165) is 5.56 Å². The van der Waals surface area contributed by atoms with Crippen molar-refractivity contribution in [1.29, 1.82) is 0 Å². The number of carbonyl (C=O) groups is 1. The van der Waals surface area contributed by atoms with Crippen LogP contribution in [0, 0.1) is 11.2 Å². The Bertz CT molecular complexity index is 401. The number of ether oxygens (including phenoxy) is 1. The molecule has 1 rings (SSSR count). The maximum absolute atomic E-state index is 12.8. The van der Waals surface area contributed by atoms with Gasteiger partial charge in [-0.25, -0.2) is 4.39 Å². The highest BCUT2D eigenvalue weighted by molar-refractivity contribution is 5.69. The highest BCUT2D eigenvalue weighted by Gasteiger charge is 2.25. The molecule has 0 spiro atoms. The minimum Gasteiger partial charge on any atom is -0.469 e. The Labute approximate surface area is 107 Å². The van der Waals surface area contributed by atoms with E-state index >= 15 is 0 Å². The quantitative estimate of drug-likeness (QED) is 0.821. The zero-order chi connectivity index (χ0) is 13.8. The molecule has 3 nitrogen and oxygen atoms in total. The summed E-state index contributed by atoms with van der Waals surface area (Å²) in [6, 6.07) is 5.92. The summed E-state index contributed by atoms with van der Waals surface area (Å²) in [5, 5.41) is 0. The lowest BCUT2D eigenvalue weighted by Crippen LogP contribution is -2.24. The molecule has 0 aliphatic carbocycles. The molecule has 2 N–H and O–H groups in total. The van der Waals surface area contributed by atoms with E-state index in [9.17, 15) is 9.18 Å². The average Bonchev–Trinajstić information content (AvgIpc) is 2.28. The number of methoxy groups -OCH3 is 1. The largest absolute Gasteiger partial charge is 0.469 e. The lowest BCUT2D eigenvalue weighted by molar-refractivity contribution is -0.143. The van der Waals surface area contributed by atoms with E-state index in [1.807, 2.05) is 13.8 Å². The van der Waals surface area contributed by atoms with Crippen LogP contribution in [0.25, 0.3) is 0 Å². The molecule has 4 heteroatoms. The molecule has 0 aromatic heterocycles. The predicted molar refractivity (Wildman–Crippen MR) is 68.4 cm³/mol. The number of hydrogen-bond donors (Lipinski definition) is 1. The first-order valence-electron chi connectivity index (χ1n) is 5.92. The molecule has 0 radical (unpaired) electrons. The summed E-state index contributed by atoms with van der Waals surface area (Å²) < 4.78 is 17.5. The molecule has 1 atom stereocenters. The third-order valence-electron chi connectivity index (χ3n) is 2.92. The molecule has 0 saturated heterocycles. The monoisotopic (exact) mass is 253 g/mol. The van der Waals surface area contributed by atoms with Crippen LogP contribution in [-0.2, 0) is 9.53 Å². The van der Waals surface area contributed by atoms with Crippen LogP contribution in [0.4, 0.5) is 4.39 Å². The third-order valence-corrected chi connectivity index (χ3v) is 2.92. The van der Waals surface area contributed by atoms with Gasteiger partial charge in [-0.3, -0.25) is 4.79 Å². The van der Waals surface area contributed by atoms with Gasteiger partial charge in [0.15, 0.2) is 0 Å². The lowest BCUT2D eigenvalue weighted by Gasteiger charge is -2.27. The molecule has 0 aliphatic heterocycles. The number of halogens is 1. The molecule has 0 heterocycles. The van der Waals surface area contributed by atoms with Crippen LogP contribution in [0.5, 0.6) is 0 Å². The van der Waals surface area contributed by atoms with Crippen molar-refractivity contribution in [2.45, 2.75) is 32.7 Å². The van der Waals surface area contributed by atoms with Crippen molar-refractivity contribution in [2.24, 2.45) is 11.1 Å². The van der Waals surface area contributed by atoms with Crippen molar-refractivity contribution >= 4 is 5.97 Å². The molecule has 1 unspecified atom stereocenters. The smallest absolute Gasteiger partial charge is 0.306 e. The van der Waals surface area contributed by atoms with Crippen molar-refractivity contribution < 1.29 is 13.9 Å². The van der Waals surface area contributed by atoms with Crippen molar-refractivity contribution in [1.82, 2.24) is 0 Å². The molecule has 1 aromatic rings. The Hall–Kier alpha value is -1.42. The highest BCUT2D eigenvalue weighted by Crippen LogP contribution is 2.32. The Balaban J connectivity index is 2.65. The zero-order valence-electron chi connectivity index (χ0n) is 11.1. The summed E-state index contributed by atoms with van der Waals surface area (Å²) in [7, 11) is 1.37. The van der Waals surface area contributed by atoms with Crippen molar-refractivity contribution in [3.8, 4) is 0 Å². The van der Waals surface area contributed by atoms with Gasteiger partial charge in [-0.05, 0) is 29.5 Å². The molecule has 18 heavy (non-hydrogen) atoms. The first-order chi connectivity index (χ1) is 8.34. The summed E-state index contributed by atoms with van der Waals surface area (Å²) in [5.41, 5.74) is 6.69. The molecule has 0 aliphatic rings.